The van der Waals surface area contributed by atoms with Crippen molar-refractivity contribution in [2.75, 3.05) is 0 Å². The van der Waals surface area contributed by atoms with Gasteiger partial charge in [0.15, 0.2) is 0 Å². The van der Waals surface area contributed by atoms with Crippen LogP contribution in [0.1, 0.15) is 37.7 Å². The van der Waals surface area contributed by atoms with Crippen molar-refractivity contribution in [2.45, 2.75) is 13.8 Å². The van der Waals surface area contributed by atoms with E-state index in [0.717, 1.165) is 27.3 Å². The predicted octanol–water partition coefficient (Wildman–Crippen LogP) is 2.82. The summed E-state index contributed by atoms with van der Waals surface area (Å²) in [6.45, 7) is 3.78. The Morgan fingerprint density at radius 3 is 2.12 bits per heavy atom. The molecular formula is C19H16N4O2. The molecule has 0 unspecified atom stereocenters. The van der Waals surface area contributed by atoms with Crippen LogP contribution in [0, 0.1) is 13.8 Å². The van der Waals surface area contributed by atoms with Crippen LogP contribution in [0.15, 0.2) is 41.5 Å². The fraction of sp³-hybridized carbons (Fsp3) is 0.158. The van der Waals surface area contributed by atoms with E-state index in [1.54, 1.807) is 16.8 Å². The minimum Gasteiger partial charge on any atom is -0.272 e. The fourth-order valence-electron chi connectivity index (χ4n) is 3.22. The van der Waals surface area contributed by atoms with Crippen molar-refractivity contribution in [3.05, 3.63) is 64.5 Å². The number of imide groups is 1. The molecule has 0 fully saturated rings. The van der Waals surface area contributed by atoms with E-state index in [2.05, 4.69) is 10.2 Å². The summed E-state index contributed by atoms with van der Waals surface area (Å²) in [6.07, 6.45) is 1.53. The lowest BCUT2D eigenvalue weighted by molar-refractivity contribution is 0.0616. The first-order chi connectivity index (χ1) is 12.0. The quantitative estimate of drug-likeness (QED) is 0.535. The molecule has 0 atom stereocenters. The minimum atomic E-state index is -0.412. The van der Waals surface area contributed by atoms with Gasteiger partial charge >= 0.3 is 0 Å². The number of hydrogen-bond acceptors (Lipinski definition) is 4. The number of rotatable bonds is 2. The SMILES string of the molecule is Cc1nn(C)c(C)c1C=NN1C(=O)c2cccc3cccc(c23)C1=O. The van der Waals surface area contributed by atoms with Crippen LogP contribution in [0.3, 0.4) is 0 Å². The van der Waals surface area contributed by atoms with Crippen LogP contribution in [-0.4, -0.2) is 32.8 Å². The molecule has 2 heterocycles. The highest BCUT2D eigenvalue weighted by Gasteiger charge is 2.32. The average Bonchev–Trinajstić information content (AvgIpc) is 2.85. The molecule has 124 valence electrons. The molecule has 1 aliphatic heterocycles. The highest BCUT2D eigenvalue weighted by atomic mass is 16.2. The zero-order chi connectivity index (χ0) is 17.7. The summed E-state index contributed by atoms with van der Waals surface area (Å²) < 4.78 is 1.74. The van der Waals surface area contributed by atoms with E-state index < -0.39 is 11.8 Å². The molecule has 0 saturated carbocycles. The lowest BCUT2D eigenvalue weighted by Gasteiger charge is -2.22. The van der Waals surface area contributed by atoms with Gasteiger partial charge in [-0.15, -0.1) is 0 Å². The fourth-order valence-corrected chi connectivity index (χ4v) is 3.22. The summed E-state index contributed by atoms with van der Waals surface area (Å²) >= 11 is 0. The molecule has 2 amide bonds. The number of amides is 2. The number of carbonyl (C=O) groups excluding carboxylic acids is 2. The van der Waals surface area contributed by atoms with Crippen molar-refractivity contribution in [1.82, 2.24) is 14.8 Å². The van der Waals surface area contributed by atoms with Crippen LogP contribution in [0.2, 0.25) is 0 Å². The summed E-state index contributed by atoms with van der Waals surface area (Å²) in [5.74, 6) is -0.825. The maximum atomic E-state index is 12.8. The molecule has 0 radical (unpaired) electrons. The second-order valence-corrected chi connectivity index (χ2v) is 6.08. The molecule has 0 saturated heterocycles. The first-order valence-corrected chi connectivity index (χ1v) is 7.93. The molecule has 0 spiro atoms. The van der Waals surface area contributed by atoms with Crippen molar-refractivity contribution in [3.63, 3.8) is 0 Å². The van der Waals surface area contributed by atoms with Gasteiger partial charge in [0.05, 0.1) is 23.0 Å². The zero-order valence-electron chi connectivity index (χ0n) is 14.1. The van der Waals surface area contributed by atoms with Crippen molar-refractivity contribution < 1.29 is 9.59 Å². The number of hydrogen-bond donors (Lipinski definition) is 0. The number of carbonyl (C=O) groups is 2. The van der Waals surface area contributed by atoms with Crippen LogP contribution < -0.4 is 0 Å². The van der Waals surface area contributed by atoms with Crippen LogP contribution in [0.25, 0.3) is 10.8 Å². The van der Waals surface area contributed by atoms with Crippen molar-refractivity contribution in [3.8, 4) is 0 Å². The highest BCUT2D eigenvalue weighted by Crippen LogP contribution is 2.30. The molecule has 1 aromatic heterocycles. The Bertz CT molecular complexity index is 1030. The average molecular weight is 332 g/mol. The van der Waals surface area contributed by atoms with E-state index >= 15 is 0 Å². The Morgan fingerprint density at radius 2 is 1.60 bits per heavy atom. The maximum absolute atomic E-state index is 12.8. The molecule has 0 aliphatic carbocycles. The third-order valence-electron chi connectivity index (χ3n) is 4.62. The van der Waals surface area contributed by atoms with Crippen LogP contribution in [0.4, 0.5) is 0 Å². The van der Waals surface area contributed by atoms with Gasteiger partial charge in [-0.25, -0.2) is 0 Å². The second kappa shape index (κ2) is 5.37. The lowest BCUT2D eigenvalue weighted by atomic mass is 9.95. The van der Waals surface area contributed by atoms with Crippen molar-refractivity contribution in [2.24, 2.45) is 12.1 Å². The predicted molar refractivity (Wildman–Crippen MR) is 94.7 cm³/mol. The van der Waals surface area contributed by atoms with Gasteiger partial charge in [0.25, 0.3) is 11.8 Å². The molecule has 6 heteroatoms. The smallest absolute Gasteiger partial charge is 0.272 e. The summed E-state index contributed by atoms with van der Waals surface area (Å²) in [5, 5.41) is 11.0. The van der Waals surface area contributed by atoms with E-state index in [0.29, 0.717) is 16.5 Å². The van der Waals surface area contributed by atoms with Gasteiger partial charge in [-0.1, -0.05) is 24.3 Å². The van der Waals surface area contributed by atoms with E-state index in [1.807, 2.05) is 45.2 Å². The van der Waals surface area contributed by atoms with Gasteiger partial charge in [0, 0.05) is 23.7 Å². The Kier molecular flexibility index (Phi) is 3.28. The number of aryl methyl sites for hydroxylation is 2. The molecule has 6 nitrogen and oxygen atoms in total. The normalized spacial score (nSPS) is 14.1. The lowest BCUT2D eigenvalue weighted by Crippen LogP contribution is -2.36. The van der Waals surface area contributed by atoms with Gasteiger partial charge in [-0.05, 0) is 31.4 Å². The summed E-state index contributed by atoms with van der Waals surface area (Å²) in [5.41, 5.74) is 3.50. The van der Waals surface area contributed by atoms with E-state index in [9.17, 15) is 9.59 Å². The third kappa shape index (κ3) is 2.18. The van der Waals surface area contributed by atoms with E-state index in [-0.39, 0.29) is 0 Å². The van der Waals surface area contributed by atoms with Gasteiger partial charge < -0.3 is 0 Å². The van der Waals surface area contributed by atoms with Crippen molar-refractivity contribution >= 4 is 28.8 Å². The van der Waals surface area contributed by atoms with Gasteiger partial charge in [0.1, 0.15) is 0 Å². The summed E-state index contributed by atoms with van der Waals surface area (Å²) in [7, 11) is 1.84. The molecule has 0 N–H and O–H groups in total. The zero-order valence-corrected chi connectivity index (χ0v) is 14.1. The van der Waals surface area contributed by atoms with Crippen LogP contribution >= 0.6 is 0 Å². The Hall–Kier alpha value is -3.28. The monoisotopic (exact) mass is 332 g/mol. The number of nitrogens with zero attached hydrogens (tertiary/aromatic N) is 4. The Morgan fingerprint density at radius 1 is 1.00 bits per heavy atom. The number of hydrazone groups is 1. The van der Waals surface area contributed by atoms with E-state index in [4.69, 9.17) is 0 Å². The topological polar surface area (TPSA) is 67.6 Å². The highest BCUT2D eigenvalue weighted by molar-refractivity contribution is 6.25. The van der Waals surface area contributed by atoms with Gasteiger partial charge in [-0.2, -0.15) is 15.2 Å². The molecule has 25 heavy (non-hydrogen) atoms. The number of aromatic nitrogens is 2. The third-order valence-corrected chi connectivity index (χ3v) is 4.62. The Labute approximate surface area is 144 Å². The molecular weight excluding hydrogens is 316 g/mol. The maximum Gasteiger partial charge on any atom is 0.282 e. The minimum absolute atomic E-state index is 0.412. The van der Waals surface area contributed by atoms with Gasteiger partial charge in [0.2, 0.25) is 0 Å². The first kappa shape index (κ1) is 15.3. The second-order valence-electron chi connectivity index (χ2n) is 6.08. The van der Waals surface area contributed by atoms with Crippen molar-refractivity contribution in [1.29, 1.82) is 0 Å². The molecule has 1 aliphatic rings. The summed E-state index contributed by atoms with van der Waals surface area (Å²) in [4.78, 5) is 25.6. The molecule has 2 aromatic carbocycles. The molecule has 3 aromatic rings. The van der Waals surface area contributed by atoms with Gasteiger partial charge in [-0.3, -0.25) is 14.3 Å². The molecule has 0 bridgehead atoms. The summed E-state index contributed by atoms with van der Waals surface area (Å²) in [6, 6.07) is 10.9. The van der Waals surface area contributed by atoms with E-state index in [1.165, 1.54) is 6.21 Å². The Balaban J connectivity index is 1.82. The first-order valence-electron chi connectivity index (χ1n) is 7.93. The standard InChI is InChI=1S/C19H16N4O2/c1-11-16(12(2)22(3)21-11)10-20-23-18(24)14-8-4-6-13-7-5-9-15(17(13)14)19(23)25/h4-10H,1-3H3. The van der Waals surface area contributed by atoms with Crippen LogP contribution in [0.5, 0.6) is 0 Å². The largest absolute Gasteiger partial charge is 0.282 e. The van der Waals surface area contributed by atoms with Crippen LogP contribution in [-0.2, 0) is 7.05 Å². The number of benzene rings is 2. The molecule has 4 rings (SSSR count).